The first-order chi connectivity index (χ1) is 14.5. The van der Waals surface area contributed by atoms with E-state index in [4.69, 9.17) is 0 Å². The predicted octanol–water partition coefficient (Wildman–Crippen LogP) is 3.51. The Bertz CT molecular complexity index is 1360. The molecule has 8 nitrogen and oxygen atoms in total. The van der Waals surface area contributed by atoms with Gasteiger partial charge in [-0.1, -0.05) is 12.1 Å². The Kier molecular flexibility index (Phi) is 6.10. The van der Waals surface area contributed by atoms with Gasteiger partial charge in [0, 0.05) is 34.9 Å². The minimum absolute atomic E-state index is 0.00688. The maximum absolute atomic E-state index is 12.6. The standard InChI is InChI=1S/C21H21N5O3S2/c1-12-6-7-13(2)18(8-12)26-14(3)9-16(15(26)4)10-17(11-22)19(27)23-20-24-21(25-30-20)31(5,28)29/h6-10H,1-5H3,(H,23,24,25,27)/b17-10-. The van der Waals surface area contributed by atoms with Crippen LogP contribution in [0.3, 0.4) is 0 Å². The van der Waals surface area contributed by atoms with Crippen LogP contribution in [0.2, 0.25) is 0 Å². The fourth-order valence-electron chi connectivity index (χ4n) is 3.14. The summed E-state index contributed by atoms with van der Waals surface area (Å²) >= 11 is 0.736. The summed E-state index contributed by atoms with van der Waals surface area (Å²) in [6, 6.07) is 10.0. The number of benzene rings is 1. The molecule has 3 rings (SSSR count). The predicted molar refractivity (Wildman–Crippen MR) is 120 cm³/mol. The molecule has 2 aromatic heterocycles. The summed E-state index contributed by atoms with van der Waals surface area (Å²) in [6.45, 7) is 7.95. The molecule has 0 spiro atoms. The summed E-state index contributed by atoms with van der Waals surface area (Å²) in [4.78, 5) is 16.3. The second-order valence-corrected chi connectivity index (χ2v) is 9.89. The van der Waals surface area contributed by atoms with Gasteiger partial charge in [-0.2, -0.15) is 14.6 Å². The Labute approximate surface area is 185 Å². The number of aryl methyl sites for hydroxylation is 3. The fourth-order valence-corrected chi connectivity index (χ4v) is 4.58. The number of carbonyl (C=O) groups excluding carboxylic acids is 1. The van der Waals surface area contributed by atoms with Crippen LogP contribution in [0.15, 0.2) is 35.0 Å². The van der Waals surface area contributed by atoms with E-state index in [1.54, 1.807) is 0 Å². The summed E-state index contributed by atoms with van der Waals surface area (Å²) in [5, 5.41) is 11.6. The zero-order valence-electron chi connectivity index (χ0n) is 17.7. The van der Waals surface area contributed by atoms with Crippen molar-refractivity contribution < 1.29 is 13.2 Å². The highest BCUT2D eigenvalue weighted by molar-refractivity contribution is 7.90. The second kappa shape index (κ2) is 8.45. The Balaban J connectivity index is 1.94. The topological polar surface area (TPSA) is 118 Å². The van der Waals surface area contributed by atoms with E-state index >= 15 is 0 Å². The molecule has 0 fully saturated rings. The zero-order valence-corrected chi connectivity index (χ0v) is 19.3. The molecule has 0 radical (unpaired) electrons. The molecule has 0 atom stereocenters. The van der Waals surface area contributed by atoms with E-state index in [1.165, 1.54) is 6.08 Å². The number of sulfone groups is 1. The molecule has 0 saturated carbocycles. The first kappa shape index (κ1) is 22.4. The van der Waals surface area contributed by atoms with Gasteiger partial charge in [0.15, 0.2) is 0 Å². The smallest absolute Gasteiger partial charge is 0.268 e. The van der Waals surface area contributed by atoms with E-state index in [1.807, 2.05) is 39.8 Å². The SMILES string of the molecule is Cc1ccc(C)c(-n2c(C)cc(/C=C(/C#N)C(=O)Nc3nc(S(C)(=O)=O)ns3)c2C)c1. The van der Waals surface area contributed by atoms with Gasteiger partial charge in [-0.25, -0.2) is 8.42 Å². The molecule has 1 amide bonds. The van der Waals surface area contributed by atoms with Gasteiger partial charge in [-0.05, 0) is 62.6 Å². The van der Waals surface area contributed by atoms with E-state index in [-0.39, 0.29) is 15.9 Å². The number of rotatable bonds is 5. The normalized spacial score (nSPS) is 11.9. The first-order valence-electron chi connectivity index (χ1n) is 9.24. The minimum atomic E-state index is -3.58. The third-order valence-electron chi connectivity index (χ3n) is 4.70. The molecular weight excluding hydrogens is 434 g/mol. The fraction of sp³-hybridized carbons (Fsp3) is 0.238. The molecule has 160 valence electrons. The molecule has 31 heavy (non-hydrogen) atoms. The van der Waals surface area contributed by atoms with Gasteiger partial charge >= 0.3 is 0 Å². The summed E-state index contributed by atoms with van der Waals surface area (Å²) < 4.78 is 28.8. The van der Waals surface area contributed by atoms with Crippen molar-refractivity contribution in [2.45, 2.75) is 32.9 Å². The van der Waals surface area contributed by atoms with Crippen LogP contribution >= 0.6 is 11.5 Å². The van der Waals surface area contributed by atoms with Crippen LogP contribution in [-0.4, -0.2) is 34.5 Å². The van der Waals surface area contributed by atoms with E-state index in [0.717, 1.165) is 51.6 Å². The molecule has 3 aromatic rings. The molecule has 2 heterocycles. The quantitative estimate of drug-likeness (QED) is 0.465. The van der Waals surface area contributed by atoms with E-state index in [9.17, 15) is 18.5 Å². The molecule has 10 heteroatoms. The average Bonchev–Trinajstić information content (AvgIpc) is 3.26. The molecular formula is C21H21N5O3S2. The van der Waals surface area contributed by atoms with Crippen molar-refractivity contribution in [1.29, 1.82) is 5.26 Å². The van der Waals surface area contributed by atoms with Crippen LogP contribution < -0.4 is 5.32 Å². The van der Waals surface area contributed by atoms with Crippen LogP contribution in [0.1, 0.15) is 28.1 Å². The lowest BCUT2D eigenvalue weighted by Gasteiger charge is -2.13. The Morgan fingerprint density at radius 2 is 1.94 bits per heavy atom. The van der Waals surface area contributed by atoms with Crippen molar-refractivity contribution in [2.24, 2.45) is 0 Å². The highest BCUT2D eigenvalue weighted by Gasteiger charge is 2.18. The number of nitrogens with zero attached hydrogens (tertiary/aromatic N) is 4. The van der Waals surface area contributed by atoms with Gasteiger partial charge in [-0.15, -0.1) is 0 Å². The molecule has 0 unspecified atom stereocenters. The monoisotopic (exact) mass is 455 g/mol. The number of hydrogen-bond acceptors (Lipinski definition) is 7. The van der Waals surface area contributed by atoms with Crippen molar-refractivity contribution in [2.75, 3.05) is 11.6 Å². The van der Waals surface area contributed by atoms with Gasteiger partial charge < -0.3 is 4.57 Å². The van der Waals surface area contributed by atoms with Crippen LogP contribution in [0.4, 0.5) is 5.13 Å². The number of carbonyl (C=O) groups is 1. The first-order valence-corrected chi connectivity index (χ1v) is 11.9. The molecule has 0 aliphatic rings. The van der Waals surface area contributed by atoms with Gasteiger partial charge in [0.2, 0.25) is 15.0 Å². The Morgan fingerprint density at radius 1 is 1.23 bits per heavy atom. The number of aromatic nitrogens is 3. The van der Waals surface area contributed by atoms with Crippen molar-refractivity contribution in [1.82, 2.24) is 13.9 Å². The maximum Gasteiger partial charge on any atom is 0.268 e. The lowest BCUT2D eigenvalue weighted by atomic mass is 10.1. The molecule has 0 aliphatic heterocycles. The minimum Gasteiger partial charge on any atom is -0.318 e. The average molecular weight is 456 g/mol. The molecule has 1 N–H and O–H groups in total. The van der Waals surface area contributed by atoms with Crippen LogP contribution in [0.25, 0.3) is 11.8 Å². The highest BCUT2D eigenvalue weighted by atomic mass is 32.2. The van der Waals surface area contributed by atoms with Crippen LogP contribution in [-0.2, 0) is 14.6 Å². The molecule has 0 saturated heterocycles. The zero-order chi connectivity index (χ0) is 22.9. The number of amides is 1. The Hall–Kier alpha value is -3.29. The number of anilines is 1. The molecule has 0 bridgehead atoms. The summed E-state index contributed by atoms with van der Waals surface area (Å²) in [6.07, 6.45) is 2.49. The third kappa shape index (κ3) is 4.73. The van der Waals surface area contributed by atoms with E-state index < -0.39 is 15.7 Å². The molecule has 0 aliphatic carbocycles. The summed E-state index contributed by atoms with van der Waals surface area (Å²) in [5.41, 5.74) is 5.75. The highest BCUT2D eigenvalue weighted by Crippen LogP contribution is 2.26. The molecule has 1 aromatic carbocycles. The second-order valence-electron chi connectivity index (χ2n) is 7.23. The van der Waals surface area contributed by atoms with Crippen LogP contribution in [0.5, 0.6) is 0 Å². The summed E-state index contributed by atoms with van der Waals surface area (Å²) in [5.74, 6) is -0.685. The van der Waals surface area contributed by atoms with E-state index in [0.29, 0.717) is 0 Å². The van der Waals surface area contributed by atoms with Crippen molar-refractivity contribution in [3.8, 4) is 11.8 Å². The largest absolute Gasteiger partial charge is 0.318 e. The number of nitrogens with one attached hydrogen (secondary N) is 1. The van der Waals surface area contributed by atoms with Crippen molar-refractivity contribution >= 4 is 38.5 Å². The van der Waals surface area contributed by atoms with Gasteiger partial charge in [0.25, 0.3) is 11.1 Å². The third-order valence-corrected chi connectivity index (χ3v) is 6.29. The number of nitriles is 1. The lowest BCUT2D eigenvalue weighted by Crippen LogP contribution is -2.13. The van der Waals surface area contributed by atoms with Gasteiger partial charge in [-0.3, -0.25) is 10.1 Å². The van der Waals surface area contributed by atoms with Crippen LogP contribution in [0, 0.1) is 39.0 Å². The Morgan fingerprint density at radius 3 is 2.55 bits per heavy atom. The van der Waals surface area contributed by atoms with E-state index in [2.05, 4.69) is 37.4 Å². The maximum atomic E-state index is 12.6. The summed E-state index contributed by atoms with van der Waals surface area (Å²) in [7, 11) is -3.58. The van der Waals surface area contributed by atoms with Gasteiger partial charge in [0.05, 0.1) is 0 Å². The number of hydrogen-bond donors (Lipinski definition) is 1. The van der Waals surface area contributed by atoms with Crippen molar-refractivity contribution in [3.05, 3.63) is 57.9 Å². The van der Waals surface area contributed by atoms with Gasteiger partial charge in [0.1, 0.15) is 11.6 Å². The van der Waals surface area contributed by atoms with Crippen molar-refractivity contribution in [3.63, 3.8) is 0 Å². The lowest BCUT2D eigenvalue weighted by molar-refractivity contribution is -0.112.